The minimum Gasteiger partial charge on any atom is -0.466 e. The molecule has 2 aromatic rings. The first kappa shape index (κ1) is 19.2. The molecule has 1 fully saturated rings. The minimum atomic E-state index is 0.000587. The molecule has 0 spiro atoms. The summed E-state index contributed by atoms with van der Waals surface area (Å²) < 4.78 is 11.0. The van der Waals surface area contributed by atoms with E-state index < -0.39 is 0 Å². The summed E-state index contributed by atoms with van der Waals surface area (Å²) in [7, 11) is 1.78. The van der Waals surface area contributed by atoms with Crippen molar-refractivity contribution in [2.24, 2.45) is 0 Å². The number of hydrogen-bond acceptors (Lipinski definition) is 5. The molecule has 0 unspecified atom stereocenters. The number of carbonyl (C=O) groups excluding carboxylic acids is 2. The number of carbonyl (C=O) groups is 2. The Hall–Kier alpha value is -2.54. The molecular weight excluding hydrogens is 346 g/mol. The van der Waals surface area contributed by atoms with Gasteiger partial charge in [0.25, 0.3) is 5.91 Å². The molecule has 3 rings (SSSR count). The first-order chi connectivity index (χ1) is 12.8. The van der Waals surface area contributed by atoms with E-state index in [-0.39, 0.29) is 11.8 Å². The van der Waals surface area contributed by atoms with Crippen LogP contribution in [-0.4, -0.2) is 66.3 Å². The number of piperazine rings is 1. The topological polar surface area (TPSA) is 70.1 Å². The van der Waals surface area contributed by atoms with Gasteiger partial charge in [-0.1, -0.05) is 0 Å². The van der Waals surface area contributed by atoms with E-state index in [9.17, 15) is 9.59 Å². The SMILES string of the molecule is Cc1ccc(CN(C)C(=O)CN2CCN(C(=O)c3cc(C)oc3C)CC2)o1. The molecule has 7 nitrogen and oxygen atoms in total. The molecule has 0 saturated carbocycles. The van der Waals surface area contributed by atoms with Crippen LogP contribution in [0.3, 0.4) is 0 Å². The van der Waals surface area contributed by atoms with Crippen molar-refractivity contribution in [2.45, 2.75) is 27.3 Å². The Morgan fingerprint density at radius 1 is 1.04 bits per heavy atom. The van der Waals surface area contributed by atoms with Crippen LogP contribution in [0.4, 0.5) is 0 Å². The van der Waals surface area contributed by atoms with Crippen LogP contribution in [-0.2, 0) is 11.3 Å². The number of amides is 2. The maximum absolute atomic E-state index is 12.6. The van der Waals surface area contributed by atoms with Crippen LogP contribution >= 0.6 is 0 Å². The lowest BCUT2D eigenvalue weighted by molar-refractivity contribution is -0.132. The number of nitrogens with zero attached hydrogens (tertiary/aromatic N) is 3. The Kier molecular flexibility index (Phi) is 5.70. The molecule has 0 aromatic carbocycles. The summed E-state index contributed by atoms with van der Waals surface area (Å²) in [5.41, 5.74) is 0.630. The Labute approximate surface area is 159 Å². The molecule has 0 radical (unpaired) electrons. The second-order valence-electron chi connectivity index (χ2n) is 7.16. The van der Waals surface area contributed by atoms with Gasteiger partial charge in [-0.05, 0) is 39.0 Å². The second kappa shape index (κ2) is 8.00. The third kappa shape index (κ3) is 4.60. The first-order valence-corrected chi connectivity index (χ1v) is 9.21. The van der Waals surface area contributed by atoms with Gasteiger partial charge in [0.2, 0.25) is 5.91 Å². The summed E-state index contributed by atoms with van der Waals surface area (Å²) in [6.45, 7) is 8.93. The number of rotatable bonds is 5. The number of aryl methyl sites for hydroxylation is 3. The van der Waals surface area contributed by atoms with Crippen molar-refractivity contribution in [3.05, 3.63) is 46.8 Å². The fourth-order valence-electron chi connectivity index (χ4n) is 3.33. The molecule has 1 aliphatic heterocycles. The van der Waals surface area contributed by atoms with Gasteiger partial charge in [0.1, 0.15) is 23.0 Å². The zero-order valence-electron chi connectivity index (χ0n) is 16.4. The molecule has 2 amide bonds. The summed E-state index contributed by atoms with van der Waals surface area (Å²) in [4.78, 5) is 30.7. The molecule has 146 valence electrons. The van der Waals surface area contributed by atoms with Crippen LogP contribution < -0.4 is 0 Å². The third-order valence-electron chi connectivity index (χ3n) is 4.90. The normalized spacial score (nSPS) is 15.2. The molecule has 0 atom stereocenters. The van der Waals surface area contributed by atoms with E-state index in [1.165, 1.54) is 0 Å². The van der Waals surface area contributed by atoms with Crippen LogP contribution in [0.25, 0.3) is 0 Å². The predicted octanol–water partition coefficient (Wildman–Crippen LogP) is 2.21. The molecular formula is C20H27N3O4. The smallest absolute Gasteiger partial charge is 0.257 e. The van der Waals surface area contributed by atoms with Gasteiger partial charge in [-0.3, -0.25) is 14.5 Å². The molecule has 27 heavy (non-hydrogen) atoms. The average Bonchev–Trinajstić information content (AvgIpc) is 3.19. The summed E-state index contributed by atoms with van der Waals surface area (Å²) >= 11 is 0. The van der Waals surface area contributed by atoms with Crippen molar-refractivity contribution in [3.63, 3.8) is 0 Å². The summed E-state index contributed by atoms with van der Waals surface area (Å²) in [6.07, 6.45) is 0. The van der Waals surface area contributed by atoms with E-state index in [2.05, 4.69) is 4.90 Å². The highest BCUT2D eigenvalue weighted by atomic mass is 16.3. The fraction of sp³-hybridized carbons (Fsp3) is 0.500. The van der Waals surface area contributed by atoms with Crippen LogP contribution in [0.5, 0.6) is 0 Å². The summed E-state index contributed by atoms with van der Waals surface area (Å²) in [6, 6.07) is 5.58. The quantitative estimate of drug-likeness (QED) is 0.804. The van der Waals surface area contributed by atoms with Crippen LogP contribution in [0, 0.1) is 20.8 Å². The molecule has 1 saturated heterocycles. The van der Waals surface area contributed by atoms with E-state index in [4.69, 9.17) is 8.83 Å². The third-order valence-corrected chi connectivity index (χ3v) is 4.90. The summed E-state index contributed by atoms with van der Waals surface area (Å²) in [5.74, 6) is 3.07. The number of likely N-dealkylation sites (N-methyl/N-ethyl adjacent to an activating group) is 1. The fourth-order valence-corrected chi connectivity index (χ4v) is 3.33. The van der Waals surface area contributed by atoms with Crippen molar-refractivity contribution < 1.29 is 18.4 Å². The highest BCUT2D eigenvalue weighted by Gasteiger charge is 2.26. The van der Waals surface area contributed by atoms with Crippen LogP contribution in [0.1, 0.15) is 33.4 Å². The van der Waals surface area contributed by atoms with Crippen molar-refractivity contribution in [3.8, 4) is 0 Å². The van der Waals surface area contributed by atoms with Gasteiger partial charge in [0, 0.05) is 33.2 Å². The van der Waals surface area contributed by atoms with E-state index in [0.717, 1.165) is 17.3 Å². The highest BCUT2D eigenvalue weighted by Crippen LogP contribution is 2.17. The lowest BCUT2D eigenvalue weighted by Gasteiger charge is -2.34. The van der Waals surface area contributed by atoms with Crippen LogP contribution in [0.2, 0.25) is 0 Å². The van der Waals surface area contributed by atoms with E-state index in [1.807, 2.05) is 37.8 Å². The molecule has 0 N–H and O–H groups in total. The second-order valence-corrected chi connectivity index (χ2v) is 7.16. The lowest BCUT2D eigenvalue weighted by Crippen LogP contribution is -2.51. The Bertz CT molecular complexity index is 815. The first-order valence-electron chi connectivity index (χ1n) is 9.21. The van der Waals surface area contributed by atoms with E-state index >= 15 is 0 Å². The molecule has 3 heterocycles. The zero-order chi connectivity index (χ0) is 19.6. The number of hydrogen-bond donors (Lipinski definition) is 0. The monoisotopic (exact) mass is 373 g/mol. The maximum Gasteiger partial charge on any atom is 0.257 e. The van der Waals surface area contributed by atoms with Crippen molar-refractivity contribution in [1.82, 2.24) is 14.7 Å². The number of furan rings is 2. The Balaban J connectivity index is 1.48. The minimum absolute atomic E-state index is 0.000587. The van der Waals surface area contributed by atoms with Gasteiger partial charge in [0.05, 0.1) is 18.7 Å². The zero-order valence-corrected chi connectivity index (χ0v) is 16.4. The van der Waals surface area contributed by atoms with E-state index in [0.29, 0.717) is 50.6 Å². The molecule has 7 heteroatoms. The Morgan fingerprint density at radius 3 is 2.30 bits per heavy atom. The van der Waals surface area contributed by atoms with Crippen molar-refractivity contribution >= 4 is 11.8 Å². The van der Waals surface area contributed by atoms with E-state index in [1.54, 1.807) is 18.0 Å². The van der Waals surface area contributed by atoms with Crippen molar-refractivity contribution in [1.29, 1.82) is 0 Å². The molecule has 1 aliphatic rings. The highest BCUT2D eigenvalue weighted by molar-refractivity contribution is 5.95. The molecule has 2 aromatic heterocycles. The lowest BCUT2D eigenvalue weighted by atomic mass is 10.2. The maximum atomic E-state index is 12.6. The standard InChI is InChI=1S/C20H27N3O4/c1-14-5-6-17(27-14)12-21(4)19(24)13-22-7-9-23(10-8-22)20(25)18-11-15(2)26-16(18)3/h5-6,11H,7-10,12-13H2,1-4H3. The van der Waals surface area contributed by atoms with Gasteiger partial charge in [-0.2, -0.15) is 0 Å². The summed E-state index contributed by atoms with van der Waals surface area (Å²) in [5, 5.41) is 0. The predicted molar refractivity (Wildman–Crippen MR) is 100 cm³/mol. The largest absolute Gasteiger partial charge is 0.466 e. The van der Waals surface area contributed by atoms with Gasteiger partial charge < -0.3 is 18.6 Å². The molecule has 0 bridgehead atoms. The average molecular weight is 373 g/mol. The molecule has 0 aliphatic carbocycles. The van der Waals surface area contributed by atoms with Gasteiger partial charge >= 0.3 is 0 Å². The van der Waals surface area contributed by atoms with Gasteiger partial charge in [0.15, 0.2) is 0 Å². The van der Waals surface area contributed by atoms with Crippen LogP contribution in [0.15, 0.2) is 27.0 Å². The van der Waals surface area contributed by atoms with Gasteiger partial charge in [-0.25, -0.2) is 0 Å². The Morgan fingerprint density at radius 2 is 1.74 bits per heavy atom. The van der Waals surface area contributed by atoms with Gasteiger partial charge in [-0.15, -0.1) is 0 Å². The van der Waals surface area contributed by atoms with Crippen molar-refractivity contribution in [2.75, 3.05) is 39.8 Å².